The van der Waals surface area contributed by atoms with Gasteiger partial charge in [0.25, 0.3) is 5.91 Å². The number of amides is 1. The molecular formula is C14H13NO3S. The van der Waals surface area contributed by atoms with Crippen LogP contribution < -0.4 is 5.32 Å². The summed E-state index contributed by atoms with van der Waals surface area (Å²) in [6, 6.07) is 9.77. The molecule has 1 unspecified atom stereocenters. The van der Waals surface area contributed by atoms with Gasteiger partial charge < -0.3 is 10.4 Å². The molecule has 1 aromatic carbocycles. The fraction of sp³-hybridized carbons (Fsp3) is 0.143. The van der Waals surface area contributed by atoms with Crippen molar-refractivity contribution in [3.8, 4) is 0 Å². The molecule has 1 heterocycles. The van der Waals surface area contributed by atoms with E-state index in [2.05, 4.69) is 5.32 Å². The maximum absolute atomic E-state index is 12.0. The first-order valence-electron chi connectivity index (χ1n) is 5.75. The molecule has 1 atom stereocenters. The minimum atomic E-state index is -1.04. The summed E-state index contributed by atoms with van der Waals surface area (Å²) in [6.45, 7) is 1.89. The number of hydrogen-bond acceptors (Lipinski definition) is 3. The quantitative estimate of drug-likeness (QED) is 0.901. The molecule has 2 aromatic rings. The second-order valence-electron chi connectivity index (χ2n) is 4.10. The van der Waals surface area contributed by atoms with Crippen LogP contribution in [0.25, 0.3) is 0 Å². The number of aromatic carboxylic acids is 1. The standard InChI is InChI=1S/C14H13NO3S/c1-9(12-6-3-7-19-12)15-13(16)10-4-2-5-11(8-10)14(17)18/h2-9H,1H3,(H,15,16)(H,17,18). The van der Waals surface area contributed by atoms with Crippen LogP contribution >= 0.6 is 11.3 Å². The highest BCUT2D eigenvalue weighted by atomic mass is 32.1. The zero-order valence-electron chi connectivity index (χ0n) is 10.3. The topological polar surface area (TPSA) is 66.4 Å². The van der Waals surface area contributed by atoms with Crippen molar-refractivity contribution in [2.24, 2.45) is 0 Å². The smallest absolute Gasteiger partial charge is 0.335 e. The molecule has 2 rings (SSSR count). The summed E-state index contributed by atoms with van der Waals surface area (Å²) in [6.07, 6.45) is 0. The molecule has 19 heavy (non-hydrogen) atoms. The molecule has 2 N–H and O–H groups in total. The summed E-state index contributed by atoms with van der Waals surface area (Å²) in [5.74, 6) is -1.31. The fourth-order valence-electron chi connectivity index (χ4n) is 1.68. The second kappa shape index (κ2) is 5.67. The maximum Gasteiger partial charge on any atom is 0.335 e. The monoisotopic (exact) mass is 275 g/mol. The van der Waals surface area contributed by atoms with Crippen molar-refractivity contribution in [3.63, 3.8) is 0 Å². The van der Waals surface area contributed by atoms with E-state index < -0.39 is 5.97 Å². The van der Waals surface area contributed by atoms with Gasteiger partial charge in [-0.15, -0.1) is 11.3 Å². The lowest BCUT2D eigenvalue weighted by Crippen LogP contribution is -2.26. The third-order valence-corrected chi connectivity index (χ3v) is 3.74. The van der Waals surface area contributed by atoms with Crippen molar-refractivity contribution in [2.45, 2.75) is 13.0 Å². The molecule has 0 saturated carbocycles. The molecule has 1 amide bonds. The van der Waals surface area contributed by atoms with E-state index in [0.29, 0.717) is 5.56 Å². The van der Waals surface area contributed by atoms with Crippen molar-refractivity contribution in [3.05, 3.63) is 57.8 Å². The van der Waals surface area contributed by atoms with Crippen LogP contribution in [0.3, 0.4) is 0 Å². The number of carboxylic acid groups (broad SMARTS) is 1. The minimum absolute atomic E-state index is 0.0963. The summed E-state index contributed by atoms with van der Waals surface area (Å²) in [7, 11) is 0. The summed E-state index contributed by atoms with van der Waals surface area (Å²) < 4.78 is 0. The molecule has 0 aliphatic carbocycles. The van der Waals surface area contributed by atoms with E-state index in [9.17, 15) is 9.59 Å². The molecule has 0 radical (unpaired) electrons. The number of hydrogen-bond donors (Lipinski definition) is 2. The van der Waals surface area contributed by atoms with E-state index in [1.807, 2.05) is 24.4 Å². The first-order chi connectivity index (χ1) is 9.08. The Balaban J connectivity index is 2.12. The Bertz CT molecular complexity index is 592. The average Bonchev–Trinajstić information content (AvgIpc) is 2.92. The number of benzene rings is 1. The molecule has 5 heteroatoms. The molecule has 0 fully saturated rings. The van der Waals surface area contributed by atoms with Gasteiger partial charge in [-0.25, -0.2) is 4.79 Å². The van der Waals surface area contributed by atoms with Crippen LogP contribution in [0, 0.1) is 0 Å². The lowest BCUT2D eigenvalue weighted by atomic mass is 10.1. The van der Waals surface area contributed by atoms with Crippen LogP contribution in [0.4, 0.5) is 0 Å². The second-order valence-corrected chi connectivity index (χ2v) is 5.08. The summed E-state index contributed by atoms with van der Waals surface area (Å²) in [5.41, 5.74) is 0.458. The van der Waals surface area contributed by atoms with E-state index in [-0.39, 0.29) is 17.5 Å². The highest BCUT2D eigenvalue weighted by molar-refractivity contribution is 7.10. The lowest BCUT2D eigenvalue weighted by Gasteiger charge is -2.12. The third kappa shape index (κ3) is 3.20. The van der Waals surface area contributed by atoms with Crippen LogP contribution in [0.1, 0.15) is 38.6 Å². The fourth-order valence-corrected chi connectivity index (χ4v) is 2.42. The highest BCUT2D eigenvalue weighted by Gasteiger charge is 2.13. The molecule has 1 aromatic heterocycles. The Morgan fingerprint density at radius 1 is 1.21 bits per heavy atom. The lowest BCUT2D eigenvalue weighted by molar-refractivity contribution is 0.0697. The Labute approximate surface area is 114 Å². The van der Waals surface area contributed by atoms with Gasteiger partial charge >= 0.3 is 5.97 Å². The predicted octanol–water partition coefficient (Wildman–Crippen LogP) is 2.94. The van der Waals surface area contributed by atoms with Gasteiger partial charge in [-0.1, -0.05) is 12.1 Å². The molecule has 0 saturated heterocycles. The summed E-state index contributed by atoms with van der Waals surface area (Å²) in [5, 5.41) is 13.7. The van der Waals surface area contributed by atoms with Crippen LogP contribution in [0.2, 0.25) is 0 Å². The molecular weight excluding hydrogens is 262 g/mol. The van der Waals surface area contributed by atoms with E-state index in [0.717, 1.165) is 4.88 Å². The number of carbonyl (C=O) groups is 2. The van der Waals surface area contributed by atoms with Gasteiger partial charge in [0, 0.05) is 10.4 Å². The van der Waals surface area contributed by atoms with Gasteiger partial charge in [0.2, 0.25) is 0 Å². The molecule has 0 aliphatic heterocycles. The first kappa shape index (κ1) is 13.3. The minimum Gasteiger partial charge on any atom is -0.478 e. The first-order valence-corrected chi connectivity index (χ1v) is 6.63. The Hall–Kier alpha value is -2.14. The van der Waals surface area contributed by atoms with Gasteiger partial charge in [0.15, 0.2) is 0 Å². The molecule has 0 bridgehead atoms. The Kier molecular flexibility index (Phi) is 3.97. The average molecular weight is 275 g/mol. The van der Waals surface area contributed by atoms with Crippen molar-refractivity contribution >= 4 is 23.2 Å². The zero-order chi connectivity index (χ0) is 13.8. The van der Waals surface area contributed by atoms with E-state index in [1.54, 1.807) is 23.5 Å². The van der Waals surface area contributed by atoms with E-state index in [1.165, 1.54) is 12.1 Å². The maximum atomic E-state index is 12.0. The number of rotatable bonds is 4. The zero-order valence-corrected chi connectivity index (χ0v) is 11.1. The Morgan fingerprint density at radius 2 is 1.95 bits per heavy atom. The van der Waals surface area contributed by atoms with Crippen molar-refractivity contribution in [2.75, 3.05) is 0 Å². The summed E-state index contributed by atoms with van der Waals surface area (Å²) in [4.78, 5) is 23.9. The van der Waals surface area contributed by atoms with E-state index in [4.69, 9.17) is 5.11 Å². The molecule has 0 aliphatic rings. The van der Waals surface area contributed by atoms with Gasteiger partial charge in [-0.3, -0.25) is 4.79 Å². The van der Waals surface area contributed by atoms with Crippen LogP contribution in [0.15, 0.2) is 41.8 Å². The van der Waals surface area contributed by atoms with Gasteiger partial charge in [0.1, 0.15) is 0 Å². The predicted molar refractivity (Wildman–Crippen MR) is 73.6 cm³/mol. The van der Waals surface area contributed by atoms with Crippen LogP contribution in [-0.2, 0) is 0 Å². The van der Waals surface area contributed by atoms with Crippen molar-refractivity contribution in [1.29, 1.82) is 0 Å². The number of carboxylic acids is 1. The number of nitrogens with one attached hydrogen (secondary N) is 1. The van der Waals surface area contributed by atoms with Gasteiger partial charge in [0.05, 0.1) is 11.6 Å². The van der Waals surface area contributed by atoms with E-state index >= 15 is 0 Å². The molecule has 98 valence electrons. The number of carbonyl (C=O) groups excluding carboxylic acids is 1. The SMILES string of the molecule is CC(NC(=O)c1cccc(C(=O)O)c1)c1cccs1. The van der Waals surface area contributed by atoms with Crippen molar-refractivity contribution < 1.29 is 14.7 Å². The van der Waals surface area contributed by atoms with Crippen molar-refractivity contribution in [1.82, 2.24) is 5.32 Å². The van der Waals surface area contributed by atoms with Crippen LogP contribution in [0.5, 0.6) is 0 Å². The summed E-state index contributed by atoms with van der Waals surface area (Å²) >= 11 is 1.57. The molecule has 4 nitrogen and oxygen atoms in total. The highest BCUT2D eigenvalue weighted by Crippen LogP contribution is 2.18. The third-order valence-electron chi connectivity index (χ3n) is 2.69. The van der Waals surface area contributed by atoms with Gasteiger partial charge in [-0.2, -0.15) is 0 Å². The largest absolute Gasteiger partial charge is 0.478 e. The normalized spacial score (nSPS) is 11.8. The van der Waals surface area contributed by atoms with Crippen LogP contribution in [-0.4, -0.2) is 17.0 Å². The number of thiophene rings is 1. The van der Waals surface area contributed by atoms with Gasteiger partial charge in [-0.05, 0) is 36.6 Å². The Morgan fingerprint density at radius 3 is 2.58 bits per heavy atom. The molecule has 0 spiro atoms.